The number of carbonyl (C=O) groups is 2. The number of aldehydes is 1. The van der Waals surface area contributed by atoms with Gasteiger partial charge in [0.2, 0.25) is 10.0 Å². The van der Waals surface area contributed by atoms with E-state index in [9.17, 15) is 18.0 Å². The fourth-order valence-corrected chi connectivity index (χ4v) is 4.50. The van der Waals surface area contributed by atoms with Gasteiger partial charge in [-0.1, -0.05) is 13.8 Å². The van der Waals surface area contributed by atoms with E-state index in [4.69, 9.17) is 4.74 Å². The average Bonchev–Trinajstić information content (AvgIpc) is 2.68. The highest BCUT2D eigenvalue weighted by molar-refractivity contribution is 7.89. The minimum absolute atomic E-state index is 0.178. The molecular weight excluding hydrogens is 392 g/mol. The summed E-state index contributed by atoms with van der Waals surface area (Å²) in [6, 6.07) is 9.42. The zero-order valence-electron chi connectivity index (χ0n) is 17.1. The number of ether oxygens (including phenoxy) is 1. The molecular formula is C21H26N2O5S. The summed E-state index contributed by atoms with van der Waals surface area (Å²) in [6.45, 7) is 7.76. The molecule has 0 atom stereocenters. The normalized spacial score (nSPS) is 11.3. The van der Waals surface area contributed by atoms with Crippen molar-refractivity contribution < 1.29 is 22.7 Å². The third-order valence-electron chi connectivity index (χ3n) is 4.45. The van der Waals surface area contributed by atoms with Crippen LogP contribution in [0, 0.1) is 13.8 Å². The second-order valence-electron chi connectivity index (χ2n) is 6.55. The van der Waals surface area contributed by atoms with Crippen LogP contribution in [-0.4, -0.2) is 44.6 Å². The van der Waals surface area contributed by atoms with Gasteiger partial charge in [0.05, 0.1) is 4.90 Å². The maximum atomic E-state index is 12.5. The summed E-state index contributed by atoms with van der Waals surface area (Å²) in [5.74, 6) is 0.189. The molecule has 0 aliphatic rings. The Morgan fingerprint density at radius 2 is 1.62 bits per heavy atom. The van der Waals surface area contributed by atoms with Crippen molar-refractivity contribution in [1.29, 1.82) is 0 Å². The molecule has 0 saturated heterocycles. The van der Waals surface area contributed by atoms with Crippen LogP contribution < -0.4 is 10.1 Å². The molecule has 2 aromatic carbocycles. The Morgan fingerprint density at radius 3 is 2.10 bits per heavy atom. The average molecular weight is 419 g/mol. The summed E-state index contributed by atoms with van der Waals surface area (Å²) in [6.07, 6.45) is 0.764. The van der Waals surface area contributed by atoms with Gasteiger partial charge in [-0.2, -0.15) is 4.31 Å². The predicted octanol–water partition coefficient (Wildman–Crippen LogP) is 3.16. The number of carbonyl (C=O) groups excluding carboxylic acids is 2. The van der Waals surface area contributed by atoms with Crippen molar-refractivity contribution in [1.82, 2.24) is 4.31 Å². The van der Waals surface area contributed by atoms with Crippen molar-refractivity contribution in [2.45, 2.75) is 32.6 Å². The van der Waals surface area contributed by atoms with Crippen LogP contribution in [0.1, 0.15) is 35.3 Å². The molecule has 0 aromatic heterocycles. The van der Waals surface area contributed by atoms with E-state index in [0.29, 0.717) is 30.1 Å². The summed E-state index contributed by atoms with van der Waals surface area (Å²) in [4.78, 5) is 23.3. The largest absolute Gasteiger partial charge is 0.483 e. The van der Waals surface area contributed by atoms with Gasteiger partial charge in [-0.05, 0) is 61.4 Å². The van der Waals surface area contributed by atoms with E-state index in [1.54, 1.807) is 38.1 Å². The molecule has 8 heteroatoms. The van der Waals surface area contributed by atoms with Crippen LogP contribution >= 0.6 is 0 Å². The van der Waals surface area contributed by atoms with Crippen LogP contribution in [0.5, 0.6) is 5.75 Å². The number of benzene rings is 2. The number of hydrogen-bond donors (Lipinski definition) is 1. The van der Waals surface area contributed by atoms with E-state index < -0.39 is 10.0 Å². The molecule has 29 heavy (non-hydrogen) atoms. The minimum atomic E-state index is -3.54. The van der Waals surface area contributed by atoms with Crippen LogP contribution in [0.25, 0.3) is 0 Å². The van der Waals surface area contributed by atoms with Gasteiger partial charge in [0.15, 0.2) is 6.61 Å². The lowest BCUT2D eigenvalue weighted by atomic mass is 10.1. The van der Waals surface area contributed by atoms with Gasteiger partial charge < -0.3 is 10.1 Å². The van der Waals surface area contributed by atoms with Crippen LogP contribution in [0.15, 0.2) is 41.3 Å². The Hall–Kier alpha value is -2.71. The van der Waals surface area contributed by atoms with Crippen molar-refractivity contribution in [3.8, 4) is 5.75 Å². The first-order chi connectivity index (χ1) is 13.7. The molecule has 2 rings (SSSR count). The maximum Gasteiger partial charge on any atom is 0.262 e. The van der Waals surface area contributed by atoms with Crippen LogP contribution in [0.4, 0.5) is 5.69 Å². The van der Waals surface area contributed by atoms with E-state index in [1.807, 2.05) is 13.8 Å². The molecule has 0 spiro atoms. The van der Waals surface area contributed by atoms with Gasteiger partial charge in [0, 0.05) is 24.3 Å². The fraction of sp³-hybridized carbons (Fsp3) is 0.333. The maximum absolute atomic E-state index is 12.5. The third kappa shape index (κ3) is 5.42. The van der Waals surface area contributed by atoms with Gasteiger partial charge in [-0.25, -0.2) is 8.42 Å². The number of anilines is 1. The Balaban J connectivity index is 2.03. The lowest BCUT2D eigenvalue weighted by Gasteiger charge is -2.18. The quantitative estimate of drug-likeness (QED) is 0.632. The van der Waals surface area contributed by atoms with E-state index in [-0.39, 0.29) is 17.4 Å². The predicted molar refractivity (Wildman–Crippen MR) is 112 cm³/mol. The monoisotopic (exact) mass is 418 g/mol. The number of sulfonamides is 1. The summed E-state index contributed by atoms with van der Waals surface area (Å²) < 4.78 is 32.0. The molecule has 0 aliphatic carbocycles. The second kappa shape index (κ2) is 9.67. The Morgan fingerprint density at radius 1 is 1.07 bits per heavy atom. The van der Waals surface area contributed by atoms with Gasteiger partial charge in [0.25, 0.3) is 5.91 Å². The van der Waals surface area contributed by atoms with Crippen molar-refractivity contribution >= 4 is 27.9 Å². The second-order valence-corrected chi connectivity index (χ2v) is 8.49. The summed E-state index contributed by atoms with van der Waals surface area (Å²) in [7, 11) is -3.54. The molecule has 0 unspecified atom stereocenters. The van der Waals surface area contributed by atoms with Gasteiger partial charge in [0.1, 0.15) is 12.0 Å². The topological polar surface area (TPSA) is 92.8 Å². The van der Waals surface area contributed by atoms with E-state index in [2.05, 4.69) is 5.32 Å². The number of rotatable bonds is 9. The number of hydrogen-bond acceptors (Lipinski definition) is 5. The SMILES string of the molecule is CCN(CC)S(=O)(=O)c1ccc(NC(=O)COc2c(C)cc(C=O)cc2C)cc1. The molecule has 0 fully saturated rings. The standard InChI is InChI=1S/C21H26N2O5S/c1-5-23(6-2)29(26,27)19-9-7-18(8-10-19)22-20(25)14-28-21-15(3)11-17(13-24)12-16(21)4/h7-13H,5-6,14H2,1-4H3,(H,22,25). The van der Waals surface area contributed by atoms with Crippen LogP contribution in [-0.2, 0) is 14.8 Å². The first-order valence-electron chi connectivity index (χ1n) is 9.32. The molecule has 0 aliphatic heterocycles. The van der Waals surface area contributed by atoms with Crippen molar-refractivity contribution in [3.05, 3.63) is 53.1 Å². The molecule has 0 heterocycles. The first kappa shape index (κ1) is 22.6. The molecule has 1 N–H and O–H groups in total. The highest BCUT2D eigenvalue weighted by Gasteiger charge is 2.21. The third-order valence-corrected chi connectivity index (χ3v) is 6.51. The summed E-state index contributed by atoms with van der Waals surface area (Å²) in [5.41, 5.74) is 2.56. The minimum Gasteiger partial charge on any atom is -0.483 e. The number of nitrogens with zero attached hydrogens (tertiary/aromatic N) is 1. The number of aryl methyl sites for hydroxylation is 2. The van der Waals surface area contributed by atoms with E-state index in [0.717, 1.165) is 17.4 Å². The molecule has 0 saturated carbocycles. The van der Waals surface area contributed by atoms with E-state index >= 15 is 0 Å². The zero-order chi connectivity index (χ0) is 21.6. The Kier molecular flexibility index (Phi) is 7.53. The molecule has 0 radical (unpaired) electrons. The van der Waals surface area contributed by atoms with Gasteiger partial charge in [-0.15, -0.1) is 0 Å². The first-order valence-corrected chi connectivity index (χ1v) is 10.8. The molecule has 2 aromatic rings. The molecule has 0 bridgehead atoms. The highest BCUT2D eigenvalue weighted by atomic mass is 32.2. The smallest absolute Gasteiger partial charge is 0.262 e. The van der Waals surface area contributed by atoms with Crippen LogP contribution in [0.2, 0.25) is 0 Å². The lowest BCUT2D eigenvalue weighted by Crippen LogP contribution is -2.30. The highest BCUT2D eigenvalue weighted by Crippen LogP contribution is 2.24. The van der Waals surface area contributed by atoms with Crippen molar-refractivity contribution in [2.75, 3.05) is 25.0 Å². The van der Waals surface area contributed by atoms with Crippen molar-refractivity contribution in [2.24, 2.45) is 0 Å². The lowest BCUT2D eigenvalue weighted by molar-refractivity contribution is -0.118. The van der Waals surface area contributed by atoms with Gasteiger partial charge in [-0.3, -0.25) is 9.59 Å². The van der Waals surface area contributed by atoms with Gasteiger partial charge >= 0.3 is 0 Å². The summed E-state index contributed by atoms with van der Waals surface area (Å²) >= 11 is 0. The zero-order valence-corrected chi connectivity index (χ0v) is 17.9. The van der Waals surface area contributed by atoms with E-state index in [1.165, 1.54) is 16.4 Å². The molecule has 7 nitrogen and oxygen atoms in total. The fourth-order valence-electron chi connectivity index (χ4n) is 3.04. The number of amides is 1. The molecule has 1 amide bonds. The Bertz CT molecular complexity index is 958. The molecule has 156 valence electrons. The van der Waals surface area contributed by atoms with Crippen LogP contribution in [0.3, 0.4) is 0 Å². The number of nitrogens with one attached hydrogen (secondary N) is 1. The van der Waals surface area contributed by atoms with Crippen molar-refractivity contribution in [3.63, 3.8) is 0 Å². The Labute approximate surface area is 171 Å². The summed E-state index contributed by atoms with van der Waals surface area (Å²) in [5, 5.41) is 2.68.